The molecule has 2 aromatic rings. The van der Waals surface area contributed by atoms with Crippen molar-refractivity contribution in [1.29, 1.82) is 0 Å². The lowest BCUT2D eigenvalue weighted by Gasteiger charge is -2.22. The minimum absolute atomic E-state index is 0.201. The maximum Gasteiger partial charge on any atom is 0.274 e. The van der Waals surface area contributed by atoms with Crippen molar-refractivity contribution < 1.29 is 9.53 Å². The van der Waals surface area contributed by atoms with Crippen molar-refractivity contribution in [2.75, 3.05) is 20.3 Å². The van der Waals surface area contributed by atoms with Gasteiger partial charge in [0.15, 0.2) is 0 Å². The van der Waals surface area contributed by atoms with Crippen molar-refractivity contribution in [3.63, 3.8) is 0 Å². The van der Waals surface area contributed by atoms with Crippen LogP contribution >= 0.6 is 11.6 Å². The summed E-state index contributed by atoms with van der Waals surface area (Å²) in [5.41, 5.74) is 1.27. The smallest absolute Gasteiger partial charge is 0.274 e. The number of hydrogen-bond donors (Lipinski definition) is 0. The van der Waals surface area contributed by atoms with E-state index in [0.717, 1.165) is 5.56 Å². The topological polar surface area (TPSA) is 55.3 Å². The number of ether oxygens (including phenoxy) is 1. The number of carbonyl (C=O) groups is 1. The Kier molecular flexibility index (Phi) is 5.66. The summed E-state index contributed by atoms with van der Waals surface area (Å²) in [5.74, 6) is -0.217. The van der Waals surface area contributed by atoms with Crippen molar-refractivity contribution in [1.82, 2.24) is 14.9 Å². The standard InChI is InChI=1S/C15H16ClN3O2/c1-21-8-7-19(11-12-5-3-2-4-6-12)15(20)13-9-17-10-14(16)18-13/h2-6,9-10H,7-8,11H2,1H3. The second kappa shape index (κ2) is 7.71. The Bertz CT molecular complexity index is 592. The van der Waals surface area contributed by atoms with Gasteiger partial charge in [0.05, 0.1) is 19.0 Å². The predicted molar refractivity (Wildman–Crippen MR) is 80.1 cm³/mol. The Morgan fingerprint density at radius 2 is 2.05 bits per heavy atom. The molecule has 21 heavy (non-hydrogen) atoms. The lowest BCUT2D eigenvalue weighted by Crippen LogP contribution is -2.34. The molecule has 0 aliphatic rings. The van der Waals surface area contributed by atoms with Gasteiger partial charge in [-0.3, -0.25) is 9.78 Å². The molecule has 1 amide bonds. The van der Waals surface area contributed by atoms with Crippen LogP contribution in [-0.2, 0) is 11.3 Å². The van der Waals surface area contributed by atoms with Crippen molar-refractivity contribution in [3.05, 3.63) is 59.1 Å². The molecule has 0 aliphatic heterocycles. The molecule has 0 atom stereocenters. The molecule has 1 aromatic carbocycles. The highest BCUT2D eigenvalue weighted by Crippen LogP contribution is 2.10. The number of amides is 1. The van der Waals surface area contributed by atoms with Crippen LogP contribution in [0.2, 0.25) is 5.15 Å². The molecule has 2 rings (SSSR count). The second-order valence-electron chi connectivity index (χ2n) is 4.43. The number of nitrogens with zero attached hydrogens (tertiary/aromatic N) is 3. The van der Waals surface area contributed by atoms with Gasteiger partial charge in [0, 0.05) is 20.2 Å². The van der Waals surface area contributed by atoms with Crippen LogP contribution in [0, 0.1) is 0 Å². The van der Waals surface area contributed by atoms with Crippen LogP contribution in [0.15, 0.2) is 42.7 Å². The fourth-order valence-corrected chi connectivity index (χ4v) is 2.01. The third kappa shape index (κ3) is 4.51. The Labute approximate surface area is 128 Å². The number of halogens is 1. The summed E-state index contributed by atoms with van der Waals surface area (Å²) in [4.78, 5) is 22.1. The third-order valence-corrected chi connectivity index (χ3v) is 3.08. The van der Waals surface area contributed by atoms with Crippen LogP contribution in [0.1, 0.15) is 16.1 Å². The number of hydrogen-bond acceptors (Lipinski definition) is 4. The SMILES string of the molecule is COCCN(Cc1ccccc1)C(=O)c1cncc(Cl)n1. The minimum atomic E-state index is -0.217. The Morgan fingerprint density at radius 3 is 2.71 bits per heavy atom. The van der Waals surface area contributed by atoms with Gasteiger partial charge in [-0.2, -0.15) is 0 Å². The van der Waals surface area contributed by atoms with Crippen LogP contribution in [0.4, 0.5) is 0 Å². The van der Waals surface area contributed by atoms with Gasteiger partial charge in [-0.1, -0.05) is 41.9 Å². The van der Waals surface area contributed by atoms with Crippen LogP contribution in [-0.4, -0.2) is 41.0 Å². The molecule has 0 radical (unpaired) electrons. The lowest BCUT2D eigenvalue weighted by atomic mass is 10.2. The number of benzene rings is 1. The van der Waals surface area contributed by atoms with Gasteiger partial charge in [-0.25, -0.2) is 4.98 Å². The summed E-state index contributed by atoms with van der Waals surface area (Å²) in [6, 6.07) is 9.75. The van der Waals surface area contributed by atoms with Crippen LogP contribution in [0.25, 0.3) is 0 Å². The molecular formula is C15H16ClN3O2. The van der Waals surface area contributed by atoms with E-state index in [4.69, 9.17) is 16.3 Å². The molecule has 0 spiro atoms. The lowest BCUT2D eigenvalue weighted by molar-refractivity contribution is 0.0674. The third-order valence-electron chi connectivity index (χ3n) is 2.89. The molecule has 110 valence electrons. The first-order valence-corrected chi connectivity index (χ1v) is 6.88. The van der Waals surface area contributed by atoms with Gasteiger partial charge in [-0.05, 0) is 5.56 Å². The number of rotatable bonds is 6. The van der Waals surface area contributed by atoms with E-state index < -0.39 is 0 Å². The molecule has 1 aromatic heterocycles. The zero-order valence-corrected chi connectivity index (χ0v) is 12.5. The van der Waals surface area contributed by atoms with E-state index in [9.17, 15) is 4.79 Å². The summed E-state index contributed by atoms with van der Waals surface area (Å²) >= 11 is 5.79. The van der Waals surface area contributed by atoms with Gasteiger partial charge in [0.1, 0.15) is 10.8 Å². The van der Waals surface area contributed by atoms with E-state index in [-0.39, 0.29) is 16.8 Å². The predicted octanol–water partition coefficient (Wildman–Crippen LogP) is 2.42. The Morgan fingerprint density at radius 1 is 1.29 bits per heavy atom. The molecule has 6 heteroatoms. The molecule has 0 N–H and O–H groups in total. The minimum Gasteiger partial charge on any atom is -0.383 e. The Balaban J connectivity index is 2.17. The van der Waals surface area contributed by atoms with Crippen molar-refractivity contribution in [3.8, 4) is 0 Å². The van der Waals surface area contributed by atoms with Crippen molar-refractivity contribution >= 4 is 17.5 Å². The van der Waals surface area contributed by atoms with Gasteiger partial charge in [0.2, 0.25) is 0 Å². The summed E-state index contributed by atoms with van der Waals surface area (Å²) in [6.45, 7) is 1.40. The van der Waals surface area contributed by atoms with E-state index in [1.54, 1.807) is 12.0 Å². The summed E-state index contributed by atoms with van der Waals surface area (Å²) in [7, 11) is 1.60. The van der Waals surface area contributed by atoms with E-state index in [1.165, 1.54) is 12.4 Å². The van der Waals surface area contributed by atoms with Gasteiger partial charge in [0.25, 0.3) is 5.91 Å². The summed E-state index contributed by atoms with van der Waals surface area (Å²) in [5, 5.41) is 0.201. The molecule has 5 nitrogen and oxygen atoms in total. The highest BCUT2D eigenvalue weighted by atomic mass is 35.5. The zero-order valence-electron chi connectivity index (χ0n) is 11.7. The average Bonchev–Trinajstić information content (AvgIpc) is 2.51. The molecule has 0 bridgehead atoms. The van der Waals surface area contributed by atoms with Crippen molar-refractivity contribution in [2.45, 2.75) is 6.54 Å². The monoisotopic (exact) mass is 305 g/mol. The molecule has 0 saturated heterocycles. The maximum absolute atomic E-state index is 12.5. The fraction of sp³-hybridized carbons (Fsp3) is 0.267. The van der Waals surface area contributed by atoms with Crippen molar-refractivity contribution in [2.24, 2.45) is 0 Å². The normalized spacial score (nSPS) is 10.4. The molecule has 1 heterocycles. The highest BCUT2D eigenvalue weighted by Gasteiger charge is 2.18. The number of methoxy groups -OCH3 is 1. The van der Waals surface area contributed by atoms with Crippen LogP contribution in [0.3, 0.4) is 0 Å². The van der Waals surface area contributed by atoms with Crippen LogP contribution in [0.5, 0.6) is 0 Å². The van der Waals surface area contributed by atoms with E-state index in [2.05, 4.69) is 9.97 Å². The second-order valence-corrected chi connectivity index (χ2v) is 4.82. The first-order valence-electron chi connectivity index (χ1n) is 6.50. The average molecular weight is 306 g/mol. The fourth-order valence-electron chi connectivity index (χ4n) is 1.86. The summed E-state index contributed by atoms with van der Waals surface area (Å²) < 4.78 is 5.06. The van der Waals surface area contributed by atoms with E-state index in [1.807, 2.05) is 30.3 Å². The molecular weight excluding hydrogens is 290 g/mol. The molecule has 0 fully saturated rings. The van der Waals surface area contributed by atoms with E-state index in [0.29, 0.717) is 19.7 Å². The number of aromatic nitrogens is 2. The van der Waals surface area contributed by atoms with Gasteiger partial charge >= 0.3 is 0 Å². The van der Waals surface area contributed by atoms with Gasteiger partial charge in [-0.15, -0.1) is 0 Å². The first kappa shape index (κ1) is 15.4. The maximum atomic E-state index is 12.5. The van der Waals surface area contributed by atoms with E-state index >= 15 is 0 Å². The van der Waals surface area contributed by atoms with Crippen LogP contribution < -0.4 is 0 Å². The first-order chi connectivity index (χ1) is 10.2. The zero-order chi connectivity index (χ0) is 15.1. The largest absolute Gasteiger partial charge is 0.383 e. The molecule has 0 aliphatic carbocycles. The quantitative estimate of drug-likeness (QED) is 0.822. The molecule has 0 saturated carbocycles. The number of carbonyl (C=O) groups excluding carboxylic acids is 1. The highest BCUT2D eigenvalue weighted by molar-refractivity contribution is 6.29. The van der Waals surface area contributed by atoms with Gasteiger partial charge < -0.3 is 9.64 Å². The molecule has 0 unspecified atom stereocenters. The Hall–Kier alpha value is -1.98. The summed E-state index contributed by atoms with van der Waals surface area (Å²) in [6.07, 6.45) is 2.81.